The van der Waals surface area contributed by atoms with Gasteiger partial charge in [-0.15, -0.1) is 0 Å². The van der Waals surface area contributed by atoms with Gasteiger partial charge in [0.05, 0.1) is 15.5 Å². The van der Waals surface area contributed by atoms with E-state index in [0.717, 1.165) is 11.8 Å². The highest BCUT2D eigenvalue weighted by atomic mass is 32.2. The lowest BCUT2D eigenvalue weighted by atomic mass is 9.91. The molecule has 138 valence electrons. The molecule has 2 aromatic carbocycles. The molecule has 0 spiro atoms. The topological polar surface area (TPSA) is 71.5 Å². The fourth-order valence-electron chi connectivity index (χ4n) is 3.42. The Morgan fingerprint density at radius 3 is 1.89 bits per heavy atom. The molecule has 0 atom stereocenters. The van der Waals surface area contributed by atoms with Gasteiger partial charge in [0.1, 0.15) is 5.70 Å². The number of allylic oxidation sites excluding steroid dienone is 3. The average Bonchev–Trinajstić information content (AvgIpc) is 3.06. The summed E-state index contributed by atoms with van der Waals surface area (Å²) in [6, 6.07) is 15.6. The van der Waals surface area contributed by atoms with Crippen LogP contribution < -0.4 is 4.90 Å². The van der Waals surface area contributed by atoms with Gasteiger partial charge in [0, 0.05) is 16.8 Å². The number of fused-ring (bicyclic) bond motifs is 1. The van der Waals surface area contributed by atoms with Crippen LogP contribution in [0.15, 0.2) is 75.8 Å². The van der Waals surface area contributed by atoms with Gasteiger partial charge in [0.2, 0.25) is 11.6 Å². The molecular weight excluding hydrogens is 374 g/mol. The average molecular weight is 389 g/mol. The van der Waals surface area contributed by atoms with E-state index in [2.05, 4.69) is 0 Å². The summed E-state index contributed by atoms with van der Waals surface area (Å²) < 4.78 is 0. The van der Waals surface area contributed by atoms with Crippen molar-refractivity contribution in [2.24, 2.45) is 0 Å². The van der Waals surface area contributed by atoms with Crippen LogP contribution in [0.2, 0.25) is 0 Å². The highest BCUT2D eigenvalue weighted by Crippen LogP contribution is 2.49. The lowest BCUT2D eigenvalue weighted by Gasteiger charge is -2.25. The molecule has 1 heterocycles. The predicted molar refractivity (Wildman–Crippen MR) is 107 cm³/mol. The first kappa shape index (κ1) is 18.1. The minimum Gasteiger partial charge on any atom is -0.299 e. The molecule has 0 aromatic heterocycles. The van der Waals surface area contributed by atoms with E-state index in [-0.39, 0.29) is 27.7 Å². The van der Waals surface area contributed by atoms with Gasteiger partial charge in [-0.3, -0.25) is 24.1 Å². The zero-order valence-corrected chi connectivity index (χ0v) is 16.0. The summed E-state index contributed by atoms with van der Waals surface area (Å²) in [7, 11) is 0. The third-order valence-corrected chi connectivity index (χ3v) is 5.77. The lowest BCUT2D eigenvalue weighted by molar-refractivity contribution is -0.119. The number of anilines is 1. The molecule has 4 rings (SSSR count). The Hall–Kier alpha value is -3.25. The van der Waals surface area contributed by atoms with Crippen molar-refractivity contribution < 1.29 is 19.2 Å². The first-order valence-corrected chi connectivity index (χ1v) is 9.45. The van der Waals surface area contributed by atoms with Gasteiger partial charge in [-0.25, -0.2) is 0 Å². The van der Waals surface area contributed by atoms with Gasteiger partial charge in [-0.05, 0) is 26.0 Å². The van der Waals surface area contributed by atoms with Crippen LogP contribution in [0.5, 0.6) is 0 Å². The molecule has 0 saturated carbocycles. The molecule has 0 amide bonds. The Morgan fingerprint density at radius 1 is 0.786 bits per heavy atom. The monoisotopic (exact) mass is 389 g/mol. The van der Waals surface area contributed by atoms with Gasteiger partial charge in [-0.1, -0.05) is 54.2 Å². The fourth-order valence-corrected chi connectivity index (χ4v) is 4.77. The summed E-state index contributed by atoms with van der Waals surface area (Å²) >= 11 is 1.01. The Balaban J connectivity index is 2.01. The van der Waals surface area contributed by atoms with E-state index in [1.165, 1.54) is 13.8 Å². The molecule has 1 aliphatic heterocycles. The van der Waals surface area contributed by atoms with E-state index in [9.17, 15) is 19.2 Å². The van der Waals surface area contributed by atoms with Crippen molar-refractivity contribution >= 4 is 40.6 Å². The molecule has 0 N–H and O–H groups in total. The summed E-state index contributed by atoms with van der Waals surface area (Å²) in [6.45, 7) is 2.62. The Bertz CT molecular complexity index is 1110. The number of nitrogens with zero attached hydrogens (tertiary/aromatic N) is 1. The molecule has 2 aliphatic rings. The smallest absolute Gasteiger partial charge is 0.211 e. The molecule has 0 saturated heterocycles. The summed E-state index contributed by atoms with van der Waals surface area (Å²) in [5.41, 5.74) is 1.43. The van der Waals surface area contributed by atoms with Crippen LogP contribution in [0.25, 0.3) is 0 Å². The Kier molecular flexibility index (Phi) is 4.35. The predicted octanol–water partition coefficient (Wildman–Crippen LogP) is 3.92. The summed E-state index contributed by atoms with van der Waals surface area (Å²) in [5, 5.41) is 0.297. The molecule has 5 nitrogen and oxygen atoms in total. The van der Waals surface area contributed by atoms with Gasteiger partial charge in [0.25, 0.3) is 0 Å². The molecule has 0 unspecified atom stereocenters. The number of carbonyl (C=O) groups is 4. The van der Waals surface area contributed by atoms with E-state index in [1.807, 2.05) is 6.07 Å². The molecule has 28 heavy (non-hydrogen) atoms. The van der Waals surface area contributed by atoms with Crippen LogP contribution in [0.1, 0.15) is 34.6 Å². The van der Waals surface area contributed by atoms with Crippen molar-refractivity contribution in [2.75, 3.05) is 4.90 Å². The van der Waals surface area contributed by atoms with Crippen molar-refractivity contribution in [3.05, 3.63) is 86.9 Å². The Morgan fingerprint density at radius 2 is 1.32 bits per heavy atom. The molecule has 6 heteroatoms. The number of Topliss-reactive ketones (excluding diaryl/α,β-unsaturated/α-hetero) is 4. The van der Waals surface area contributed by atoms with Crippen molar-refractivity contribution in [2.45, 2.75) is 13.8 Å². The van der Waals surface area contributed by atoms with Crippen LogP contribution in [0.3, 0.4) is 0 Å². The van der Waals surface area contributed by atoms with Gasteiger partial charge in [0.15, 0.2) is 11.6 Å². The maximum Gasteiger partial charge on any atom is 0.211 e. The quantitative estimate of drug-likeness (QED) is 0.450. The lowest BCUT2D eigenvalue weighted by Crippen LogP contribution is -2.29. The molecule has 0 radical (unpaired) electrons. The maximum atomic E-state index is 13.3. The van der Waals surface area contributed by atoms with Crippen molar-refractivity contribution in [1.82, 2.24) is 0 Å². The summed E-state index contributed by atoms with van der Waals surface area (Å²) in [6.07, 6.45) is 0. The van der Waals surface area contributed by atoms with Crippen LogP contribution in [0.4, 0.5) is 5.69 Å². The Labute approximate surface area is 165 Å². The van der Waals surface area contributed by atoms with Gasteiger partial charge in [-0.2, -0.15) is 0 Å². The highest BCUT2D eigenvalue weighted by Gasteiger charge is 2.44. The van der Waals surface area contributed by atoms with E-state index in [1.54, 1.807) is 53.4 Å². The third kappa shape index (κ3) is 2.65. The van der Waals surface area contributed by atoms with Gasteiger partial charge >= 0.3 is 0 Å². The van der Waals surface area contributed by atoms with Crippen LogP contribution in [0, 0.1) is 0 Å². The fraction of sp³-hybridized carbons (Fsp3) is 0.0909. The summed E-state index contributed by atoms with van der Waals surface area (Å²) in [5.74, 6) is -1.40. The number of para-hydroxylation sites is 1. The number of carbonyl (C=O) groups excluding carboxylic acids is 4. The number of rotatable bonds is 3. The minimum atomic E-state index is -0.409. The summed E-state index contributed by atoms with van der Waals surface area (Å²) in [4.78, 5) is 52.6. The molecule has 2 aromatic rings. The second-order valence-electron chi connectivity index (χ2n) is 6.45. The number of thioether (sulfide) groups is 1. The maximum absolute atomic E-state index is 13.3. The second-order valence-corrected chi connectivity index (χ2v) is 7.45. The first-order valence-electron chi connectivity index (χ1n) is 8.63. The SMILES string of the molecule is CC(=O)C(C(C)=O)=C1SC2=C(C(=O)c3ccccc3C2=O)N1c1ccccc1. The van der Waals surface area contributed by atoms with Crippen LogP contribution in [-0.4, -0.2) is 23.1 Å². The van der Waals surface area contributed by atoms with E-state index in [4.69, 9.17) is 0 Å². The number of hydrogen-bond acceptors (Lipinski definition) is 6. The first-order chi connectivity index (χ1) is 13.4. The molecule has 0 fully saturated rings. The van der Waals surface area contributed by atoms with Crippen molar-refractivity contribution in [1.29, 1.82) is 0 Å². The van der Waals surface area contributed by atoms with E-state index < -0.39 is 11.6 Å². The van der Waals surface area contributed by atoms with Crippen LogP contribution >= 0.6 is 11.8 Å². The number of ketones is 4. The van der Waals surface area contributed by atoms with Crippen molar-refractivity contribution in [3.8, 4) is 0 Å². The standard InChI is InChI=1S/C22H15NO4S/c1-12(24)17(13(2)25)22-23(14-8-4-3-5-9-14)18-19(26)15-10-6-7-11-16(15)20(27)21(18)28-22/h3-11H,1-2H3. The molecule has 1 aliphatic carbocycles. The number of hydrogen-bond donors (Lipinski definition) is 0. The van der Waals surface area contributed by atoms with Crippen molar-refractivity contribution in [3.63, 3.8) is 0 Å². The van der Waals surface area contributed by atoms with Gasteiger partial charge < -0.3 is 0 Å². The normalized spacial score (nSPS) is 15.5. The second kappa shape index (κ2) is 6.73. The highest BCUT2D eigenvalue weighted by molar-refractivity contribution is 8.08. The zero-order valence-electron chi connectivity index (χ0n) is 15.2. The minimum absolute atomic E-state index is 0.0205. The van der Waals surface area contributed by atoms with E-state index >= 15 is 0 Å². The third-order valence-electron chi connectivity index (χ3n) is 4.61. The molecule has 0 bridgehead atoms. The largest absolute Gasteiger partial charge is 0.299 e. The van der Waals surface area contributed by atoms with E-state index in [0.29, 0.717) is 21.8 Å². The molecular formula is C22H15NO4S. The van der Waals surface area contributed by atoms with Crippen LogP contribution in [-0.2, 0) is 9.59 Å². The zero-order chi connectivity index (χ0) is 20.0. The number of benzene rings is 2.